The van der Waals surface area contributed by atoms with Crippen molar-refractivity contribution in [2.45, 2.75) is 0 Å². The van der Waals surface area contributed by atoms with E-state index in [2.05, 4.69) is 15.3 Å². The van der Waals surface area contributed by atoms with Gasteiger partial charge in [-0.15, -0.1) is 0 Å². The largest absolute Gasteiger partial charge is 0.481 e. The Balaban J connectivity index is 2.39. The number of ether oxygens (including phenoxy) is 1. The lowest BCUT2D eigenvalue weighted by Crippen LogP contribution is -2.02. The van der Waals surface area contributed by atoms with Gasteiger partial charge in [0.2, 0.25) is 11.8 Å². The molecule has 0 bridgehead atoms. The van der Waals surface area contributed by atoms with Crippen LogP contribution in [-0.4, -0.2) is 17.1 Å². The minimum absolute atomic E-state index is 0.0243. The van der Waals surface area contributed by atoms with E-state index in [1.165, 1.54) is 13.2 Å². The van der Waals surface area contributed by atoms with Gasteiger partial charge < -0.3 is 15.8 Å². The first kappa shape index (κ1) is 13.6. The van der Waals surface area contributed by atoms with Gasteiger partial charge in [-0.2, -0.15) is 9.97 Å². The topological polar surface area (TPSA) is 73.1 Å². The summed E-state index contributed by atoms with van der Waals surface area (Å²) in [6.45, 7) is 0. The molecule has 100 valence electrons. The molecule has 3 N–H and O–H groups in total. The zero-order valence-corrected chi connectivity index (χ0v) is 11.3. The van der Waals surface area contributed by atoms with Crippen molar-refractivity contribution < 1.29 is 9.13 Å². The molecule has 0 atom stereocenters. The highest BCUT2D eigenvalue weighted by Gasteiger charge is 2.11. The lowest BCUT2D eigenvalue weighted by Gasteiger charge is -2.11. The third kappa shape index (κ3) is 3.15. The number of nitrogens with zero attached hydrogens (tertiary/aromatic N) is 2. The summed E-state index contributed by atoms with van der Waals surface area (Å²) >= 11 is 11.8. The maximum atomic E-state index is 13.1. The highest BCUT2D eigenvalue weighted by atomic mass is 35.5. The van der Waals surface area contributed by atoms with Gasteiger partial charge in [-0.3, -0.25) is 0 Å². The third-order valence-corrected chi connectivity index (χ3v) is 2.79. The van der Waals surface area contributed by atoms with Crippen LogP contribution in [0, 0.1) is 5.82 Å². The molecule has 0 aliphatic heterocycles. The van der Waals surface area contributed by atoms with Crippen LogP contribution in [0.5, 0.6) is 5.88 Å². The zero-order chi connectivity index (χ0) is 14.0. The minimum atomic E-state index is -0.527. The Kier molecular flexibility index (Phi) is 3.92. The fourth-order valence-electron chi connectivity index (χ4n) is 1.40. The molecule has 2 aromatic rings. The van der Waals surface area contributed by atoms with E-state index in [0.717, 1.165) is 12.1 Å². The van der Waals surface area contributed by atoms with Gasteiger partial charge >= 0.3 is 0 Å². The van der Waals surface area contributed by atoms with Crippen LogP contribution in [0.1, 0.15) is 0 Å². The number of nitrogen functional groups attached to an aromatic ring is 1. The first-order valence-electron chi connectivity index (χ1n) is 5.09. The summed E-state index contributed by atoms with van der Waals surface area (Å²) in [6.07, 6.45) is 0. The number of aromatic nitrogens is 2. The zero-order valence-electron chi connectivity index (χ0n) is 9.75. The predicted molar refractivity (Wildman–Crippen MR) is 72.7 cm³/mol. The summed E-state index contributed by atoms with van der Waals surface area (Å²) in [5.74, 6) is 0.112. The van der Waals surface area contributed by atoms with E-state index in [0.29, 0.717) is 11.5 Å². The van der Waals surface area contributed by atoms with Crippen molar-refractivity contribution in [2.75, 3.05) is 18.2 Å². The molecule has 0 radical (unpaired) electrons. The number of halogens is 3. The van der Waals surface area contributed by atoms with E-state index in [1.54, 1.807) is 0 Å². The maximum absolute atomic E-state index is 13.1. The first-order valence-corrected chi connectivity index (χ1v) is 5.85. The van der Waals surface area contributed by atoms with Crippen LogP contribution < -0.4 is 15.8 Å². The van der Waals surface area contributed by atoms with Crippen molar-refractivity contribution in [1.29, 1.82) is 0 Å². The fourth-order valence-corrected chi connectivity index (χ4v) is 1.96. The number of hydrogen-bond acceptors (Lipinski definition) is 5. The Morgan fingerprint density at radius 1 is 1.21 bits per heavy atom. The molecule has 0 aliphatic carbocycles. The number of anilines is 3. The average molecular weight is 303 g/mol. The summed E-state index contributed by atoms with van der Waals surface area (Å²) in [5.41, 5.74) is 5.84. The van der Waals surface area contributed by atoms with Crippen molar-refractivity contribution in [3.05, 3.63) is 34.1 Å². The molecule has 0 unspecified atom stereocenters. The van der Waals surface area contributed by atoms with Crippen molar-refractivity contribution in [3.63, 3.8) is 0 Å². The molecule has 0 saturated carbocycles. The maximum Gasteiger partial charge on any atom is 0.225 e. The number of rotatable bonds is 3. The molecular weight excluding hydrogens is 294 g/mol. The van der Waals surface area contributed by atoms with Crippen molar-refractivity contribution >= 4 is 40.7 Å². The van der Waals surface area contributed by atoms with Gasteiger partial charge in [-0.25, -0.2) is 4.39 Å². The lowest BCUT2D eigenvalue weighted by atomic mass is 10.3. The SMILES string of the molecule is COc1cc(Nc2c(Cl)cc(F)cc2Cl)nc(N)n1. The molecule has 1 aromatic carbocycles. The third-order valence-electron chi connectivity index (χ3n) is 2.19. The molecule has 1 aromatic heterocycles. The van der Waals surface area contributed by atoms with E-state index >= 15 is 0 Å². The van der Waals surface area contributed by atoms with Gasteiger partial charge in [-0.1, -0.05) is 23.2 Å². The van der Waals surface area contributed by atoms with Crippen LogP contribution in [-0.2, 0) is 0 Å². The standard InChI is InChI=1S/C11H9Cl2FN4O/c1-19-9-4-8(17-11(15)18-9)16-10-6(12)2-5(14)3-7(10)13/h2-4H,1H3,(H3,15,16,17,18). The second kappa shape index (κ2) is 5.46. The number of nitrogens with two attached hydrogens (primary N) is 1. The van der Waals surface area contributed by atoms with Crippen LogP contribution in [0.2, 0.25) is 10.0 Å². The fraction of sp³-hybridized carbons (Fsp3) is 0.0909. The Bertz CT molecular complexity index is 601. The Labute approximate surface area is 118 Å². The van der Waals surface area contributed by atoms with Gasteiger partial charge in [0.15, 0.2) is 0 Å². The van der Waals surface area contributed by atoms with Crippen LogP contribution >= 0.6 is 23.2 Å². The summed E-state index contributed by atoms with van der Waals surface area (Å²) in [5, 5.41) is 3.09. The summed E-state index contributed by atoms with van der Waals surface area (Å²) in [4.78, 5) is 7.78. The van der Waals surface area contributed by atoms with Crippen LogP contribution in [0.4, 0.5) is 21.8 Å². The molecule has 0 fully saturated rings. The van der Waals surface area contributed by atoms with Gasteiger partial charge in [0.05, 0.1) is 22.8 Å². The molecule has 2 rings (SSSR count). The van der Waals surface area contributed by atoms with Crippen molar-refractivity contribution in [3.8, 4) is 5.88 Å². The average Bonchev–Trinajstić information content (AvgIpc) is 2.33. The second-order valence-electron chi connectivity index (χ2n) is 3.52. The lowest BCUT2D eigenvalue weighted by molar-refractivity contribution is 0.398. The summed E-state index contributed by atoms with van der Waals surface area (Å²) in [7, 11) is 1.45. The molecule has 1 heterocycles. The van der Waals surface area contributed by atoms with Crippen LogP contribution in [0.3, 0.4) is 0 Å². The molecular formula is C11H9Cl2FN4O. The Morgan fingerprint density at radius 2 is 1.84 bits per heavy atom. The monoisotopic (exact) mass is 302 g/mol. The molecule has 0 spiro atoms. The second-order valence-corrected chi connectivity index (χ2v) is 4.34. The first-order chi connectivity index (χ1) is 8.99. The van der Waals surface area contributed by atoms with Crippen LogP contribution in [0.15, 0.2) is 18.2 Å². The van der Waals surface area contributed by atoms with E-state index < -0.39 is 5.82 Å². The molecule has 8 heteroatoms. The van der Waals surface area contributed by atoms with Gasteiger partial charge in [-0.05, 0) is 12.1 Å². The van der Waals surface area contributed by atoms with Gasteiger partial charge in [0, 0.05) is 6.07 Å². The quantitative estimate of drug-likeness (QED) is 0.910. The van der Waals surface area contributed by atoms with E-state index in [4.69, 9.17) is 33.7 Å². The van der Waals surface area contributed by atoms with Crippen LogP contribution in [0.25, 0.3) is 0 Å². The number of nitrogens with one attached hydrogen (secondary N) is 1. The number of methoxy groups -OCH3 is 1. The van der Waals surface area contributed by atoms with E-state index in [1.807, 2.05) is 0 Å². The van der Waals surface area contributed by atoms with Gasteiger partial charge in [0.25, 0.3) is 0 Å². The van der Waals surface area contributed by atoms with Crippen molar-refractivity contribution in [1.82, 2.24) is 9.97 Å². The highest BCUT2D eigenvalue weighted by Crippen LogP contribution is 2.33. The normalized spacial score (nSPS) is 10.3. The number of benzene rings is 1. The summed E-state index contributed by atoms with van der Waals surface area (Å²) in [6, 6.07) is 3.78. The van der Waals surface area contributed by atoms with E-state index in [-0.39, 0.29) is 21.9 Å². The highest BCUT2D eigenvalue weighted by molar-refractivity contribution is 6.39. The molecule has 0 saturated heterocycles. The van der Waals surface area contributed by atoms with Gasteiger partial charge in [0.1, 0.15) is 11.6 Å². The van der Waals surface area contributed by atoms with Crippen molar-refractivity contribution in [2.24, 2.45) is 0 Å². The van der Waals surface area contributed by atoms with E-state index in [9.17, 15) is 4.39 Å². The molecule has 0 amide bonds. The Morgan fingerprint density at radius 3 is 2.42 bits per heavy atom. The minimum Gasteiger partial charge on any atom is -0.481 e. The predicted octanol–water partition coefficient (Wildman–Crippen LogP) is 3.26. The molecule has 0 aliphatic rings. The molecule has 19 heavy (non-hydrogen) atoms. The molecule has 5 nitrogen and oxygen atoms in total. The summed E-state index contributed by atoms with van der Waals surface area (Å²) < 4.78 is 18.0. The number of hydrogen-bond donors (Lipinski definition) is 2. The Hall–Kier alpha value is -1.79. The smallest absolute Gasteiger partial charge is 0.225 e.